The fourth-order valence-electron chi connectivity index (χ4n) is 1.24. The van der Waals surface area contributed by atoms with Crippen LogP contribution in [-0.2, 0) is 9.59 Å². The fraction of sp³-hybridized carbons (Fsp3) is 0.636. The maximum Gasteiger partial charge on any atom is 0.240 e. The van der Waals surface area contributed by atoms with Gasteiger partial charge in [0.1, 0.15) is 0 Å². The number of carbonyl (C=O) groups is 2. The van der Waals surface area contributed by atoms with Crippen LogP contribution in [0.25, 0.3) is 0 Å². The Kier molecular flexibility index (Phi) is 6.97. The normalized spacial score (nSPS) is 11.4. The maximum absolute atomic E-state index is 11.8. The van der Waals surface area contributed by atoms with Gasteiger partial charge in [-0.25, -0.2) is 0 Å². The van der Waals surface area contributed by atoms with E-state index >= 15 is 0 Å². The molecule has 0 aromatic carbocycles. The molecule has 1 unspecified atom stereocenters. The van der Waals surface area contributed by atoms with E-state index in [-0.39, 0.29) is 24.8 Å². The summed E-state index contributed by atoms with van der Waals surface area (Å²) >= 11 is 0. The number of terminal acetylenes is 1. The quantitative estimate of drug-likeness (QED) is 0.588. The summed E-state index contributed by atoms with van der Waals surface area (Å²) in [4.78, 5) is 24.4. The molecule has 0 rings (SSSR count). The fourth-order valence-corrected chi connectivity index (χ4v) is 1.24. The van der Waals surface area contributed by atoms with Crippen molar-refractivity contribution in [1.29, 1.82) is 0 Å². The van der Waals surface area contributed by atoms with Crippen molar-refractivity contribution in [1.82, 2.24) is 10.2 Å². The van der Waals surface area contributed by atoms with Crippen LogP contribution in [0.15, 0.2) is 0 Å². The number of likely N-dealkylation sites (N-methyl/N-ethyl adjacent to an activating group) is 1. The molecule has 0 saturated carbocycles. The van der Waals surface area contributed by atoms with Crippen LogP contribution in [0.4, 0.5) is 0 Å². The van der Waals surface area contributed by atoms with Crippen molar-refractivity contribution in [2.45, 2.75) is 25.8 Å². The van der Waals surface area contributed by atoms with Crippen LogP contribution in [0.2, 0.25) is 0 Å². The molecule has 0 aliphatic heterocycles. The monoisotopic (exact) mass is 225 g/mol. The molecule has 5 nitrogen and oxygen atoms in total. The van der Waals surface area contributed by atoms with Crippen molar-refractivity contribution in [2.75, 3.05) is 20.1 Å². The van der Waals surface area contributed by atoms with Crippen molar-refractivity contribution in [3.63, 3.8) is 0 Å². The van der Waals surface area contributed by atoms with E-state index in [0.29, 0.717) is 6.54 Å². The van der Waals surface area contributed by atoms with Crippen LogP contribution < -0.4 is 11.1 Å². The second kappa shape index (κ2) is 7.71. The van der Waals surface area contributed by atoms with Gasteiger partial charge in [0, 0.05) is 20.0 Å². The highest BCUT2D eigenvalue weighted by atomic mass is 16.2. The minimum atomic E-state index is -0.721. The molecule has 0 heterocycles. The molecule has 5 heteroatoms. The van der Waals surface area contributed by atoms with E-state index in [1.807, 2.05) is 6.92 Å². The number of rotatable bonds is 6. The van der Waals surface area contributed by atoms with Crippen molar-refractivity contribution >= 4 is 11.8 Å². The van der Waals surface area contributed by atoms with Crippen molar-refractivity contribution in [2.24, 2.45) is 5.73 Å². The smallest absolute Gasteiger partial charge is 0.240 e. The number of carbonyl (C=O) groups excluding carboxylic acids is 2. The van der Waals surface area contributed by atoms with Gasteiger partial charge in [-0.1, -0.05) is 6.92 Å². The molecule has 0 saturated heterocycles. The van der Waals surface area contributed by atoms with E-state index in [1.165, 1.54) is 11.9 Å². The first-order chi connectivity index (χ1) is 7.56. The Morgan fingerprint density at radius 2 is 2.19 bits per heavy atom. The minimum absolute atomic E-state index is 0.0292. The Hall–Kier alpha value is -1.54. The zero-order chi connectivity index (χ0) is 12.6. The summed E-state index contributed by atoms with van der Waals surface area (Å²) < 4.78 is 0. The van der Waals surface area contributed by atoms with E-state index in [1.54, 1.807) is 0 Å². The van der Waals surface area contributed by atoms with Crippen LogP contribution in [0.5, 0.6) is 0 Å². The molecule has 90 valence electrons. The molecule has 0 aromatic heterocycles. The summed E-state index contributed by atoms with van der Waals surface area (Å²) in [7, 11) is 1.53. The second-order valence-electron chi connectivity index (χ2n) is 3.45. The number of nitrogens with one attached hydrogen (secondary N) is 1. The average molecular weight is 225 g/mol. The van der Waals surface area contributed by atoms with Gasteiger partial charge in [-0.2, -0.15) is 0 Å². The predicted octanol–water partition coefficient (Wildman–Crippen LogP) is -0.678. The zero-order valence-corrected chi connectivity index (χ0v) is 9.82. The molecule has 2 amide bonds. The molecule has 0 aliphatic rings. The molecule has 0 radical (unpaired) electrons. The Morgan fingerprint density at radius 3 is 2.62 bits per heavy atom. The lowest BCUT2D eigenvalue weighted by atomic mass is 10.2. The van der Waals surface area contributed by atoms with Gasteiger partial charge in [-0.3, -0.25) is 9.59 Å². The third kappa shape index (κ3) is 4.80. The van der Waals surface area contributed by atoms with E-state index < -0.39 is 6.04 Å². The highest BCUT2D eigenvalue weighted by Gasteiger charge is 2.21. The van der Waals surface area contributed by atoms with Crippen molar-refractivity contribution in [3.05, 3.63) is 0 Å². The summed E-state index contributed by atoms with van der Waals surface area (Å²) in [5.74, 6) is 1.85. The summed E-state index contributed by atoms with van der Waals surface area (Å²) in [6, 6.07) is -0.721. The first kappa shape index (κ1) is 14.5. The summed E-state index contributed by atoms with van der Waals surface area (Å²) in [5.41, 5.74) is 5.61. The predicted molar refractivity (Wildman–Crippen MR) is 62.4 cm³/mol. The number of amides is 2. The summed E-state index contributed by atoms with van der Waals surface area (Å²) in [6.45, 7) is 2.46. The Balaban J connectivity index is 4.46. The zero-order valence-electron chi connectivity index (χ0n) is 9.82. The Morgan fingerprint density at radius 1 is 1.56 bits per heavy atom. The van der Waals surface area contributed by atoms with E-state index in [2.05, 4.69) is 11.2 Å². The van der Waals surface area contributed by atoms with Gasteiger partial charge >= 0.3 is 0 Å². The molecule has 0 aromatic rings. The van der Waals surface area contributed by atoms with E-state index in [0.717, 1.165) is 6.42 Å². The molecular weight excluding hydrogens is 206 g/mol. The Labute approximate surface area is 96.4 Å². The van der Waals surface area contributed by atoms with Gasteiger partial charge in [0.15, 0.2) is 0 Å². The minimum Gasteiger partial charge on any atom is -0.358 e. The summed E-state index contributed by atoms with van der Waals surface area (Å²) in [6.07, 6.45) is 6.05. The highest BCUT2D eigenvalue weighted by Crippen LogP contribution is 1.98. The SMILES string of the molecule is C#CCC(N)C(=O)N(CCC)CC(=O)NC. The average Bonchev–Trinajstić information content (AvgIpc) is 2.27. The van der Waals surface area contributed by atoms with E-state index in [4.69, 9.17) is 12.2 Å². The maximum atomic E-state index is 11.8. The molecule has 3 N–H and O–H groups in total. The van der Waals surface area contributed by atoms with Gasteiger partial charge in [-0.15, -0.1) is 12.3 Å². The second-order valence-corrected chi connectivity index (χ2v) is 3.45. The molecule has 0 fully saturated rings. The lowest BCUT2D eigenvalue weighted by molar-refractivity contribution is -0.136. The third-order valence-corrected chi connectivity index (χ3v) is 2.07. The molecule has 0 aliphatic carbocycles. The molecule has 16 heavy (non-hydrogen) atoms. The van der Waals surface area contributed by atoms with Crippen LogP contribution in [-0.4, -0.2) is 42.9 Å². The van der Waals surface area contributed by atoms with Crippen molar-refractivity contribution < 1.29 is 9.59 Å². The van der Waals surface area contributed by atoms with Gasteiger partial charge in [-0.05, 0) is 6.42 Å². The molecule has 0 bridgehead atoms. The van der Waals surface area contributed by atoms with Crippen LogP contribution in [0.1, 0.15) is 19.8 Å². The molecular formula is C11H19N3O2. The van der Waals surface area contributed by atoms with Gasteiger partial charge in [0.25, 0.3) is 0 Å². The Bertz CT molecular complexity index is 283. The topological polar surface area (TPSA) is 75.4 Å². The number of hydrogen-bond donors (Lipinski definition) is 2. The van der Waals surface area contributed by atoms with Gasteiger partial charge in [0.2, 0.25) is 11.8 Å². The van der Waals surface area contributed by atoms with Crippen LogP contribution >= 0.6 is 0 Å². The summed E-state index contributed by atoms with van der Waals surface area (Å²) in [5, 5.41) is 2.47. The van der Waals surface area contributed by atoms with Gasteiger partial charge < -0.3 is 16.0 Å². The lowest BCUT2D eigenvalue weighted by Crippen LogP contribution is -2.47. The van der Waals surface area contributed by atoms with Crippen LogP contribution in [0, 0.1) is 12.3 Å². The number of nitrogens with zero attached hydrogens (tertiary/aromatic N) is 1. The number of hydrogen-bond acceptors (Lipinski definition) is 3. The third-order valence-electron chi connectivity index (χ3n) is 2.07. The standard InChI is InChI=1S/C11H19N3O2/c1-4-6-9(12)11(16)14(7-5-2)8-10(15)13-3/h1,9H,5-8,12H2,2-3H3,(H,13,15). The first-order valence-corrected chi connectivity index (χ1v) is 5.25. The first-order valence-electron chi connectivity index (χ1n) is 5.25. The van der Waals surface area contributed by atoms with Crippen molar-refractivity contribution in [3.8, 4) is 12.3 Å². The molecule has 0 spiro atoms. The molecule has 1 atom stereocenters. The lowest BCUT2D eigenvalue weighted by Gasteiger charge is -2.23. The van der Waals surface area contributed by atoms with Crippen LogP contribution in [0.3, 0.4) is 0 Å². The van der Waals surface area contributed by atoms with E-state index in [9.17, 15) is 9.59 Å². The number of nitrogens with two attached hydrogens (primary N) is 1. The van der Waals surface area contributed by atoms with Gasteiger partial charge in [0.05, 0.1) is 12.6 Å². The largest absolute Gasteiger partial charge is 0.358 e. The highest BCUT2D eigenvalue weighted by molar-refractivity contribution is 5.87.